The molecule has 0 aliphatic carbocycles. The fourth-order valence-corrected chi connectivity index (χ4v) is 4.95. The Balaban J connectivity index is 1.44. The van der Waals surface area contributed by atoms with Gasteiger partial charge in [-0.15, -0.1) is 0 Å². The van der Waals surface area contributed by atoms with E-state index in [1.54, 1.807) is 6.07 Å². The molecule has 2 atom stereocenters. The number of ether oxygens (including phenoxy) is 1. The number of carbonyl (C=O) groups excluding carboxylic acids is 1. The number of carbonyl (C=O) groups is 1. The summed E-state index contributed by atoms with van der Waals surface area (Å²) in [5.41, 5.74) is 3.61. The zero-order valence-electron chi connectivity index (χ0n) is 19.7. The van der Waals surface area contributed by atoms with Crippen LogP contribution >= 0.6 is 0 Å². The molecule has 2 aliphatic heterocycles. The molecule has 2 aliphatic rings. The molecule has 1 aromatic heterocycles. The Bertz CT molecular complexity index is 1290. The van der Waals surface area contributed by atoms with E-state index in [-0.39, 0.29) is 11.6 Å². The number of halogens is 3. The summed E-state index contributed by atoms with van der Waals surface area (Å²) >= 11 is 0. The van der Waals surface area contributed by atoms with Gasteiger partial charge in [0.05, 0.1) is 30.2 Å². The van der Waals surface area contributed by atoms with Crippen LogP contribution in [-0.2, 0) is 10.9 Å². The Hall–Kier alpha value is -3.43. The molecule has 1 amide bonds. The third-order valence-electron chi connectivity index (χ3n) is 6.81. The largest absolute Gasteiger partial charge is 0.416 e. The number of aliphatic hydroxyl groups is 1. The monoisotopic (exact) mass is 497 g/mol. The highest BCUT2D eigenvalue weighted by Gasteiger charge is 2.33. The van der Waals surface area contributed by atoms with Crippen LogP contribution in [0.1, 0.15) is 46.1 Å². The first-order chi connectivity index (χ1) is 17.2. The van der Waals surface area contributed by atoms with Gasteiger partial charge in [-0.25, -0.2) is 0 Å². The van der Waals surface area contributed by atoms with Crippen molar-refractivity contribution in [1.29, 1.82) is 0 Å². The van der Waals surface area contributed by atoms with Gasteiger partial charge in [0.2, 0.25) is 0 Å². The van der Waals surface area contributed by atoms with Crippen LogP contribution in [0.5, 0.6) is 0 Å². The number of nitrogens with zero attached hydrogens (tertiary/aromatic N) is 2. The van der Waals surface area contributed by atoms with Crippen molar-refractivity contribution in [2.45, 2.75) is 38.1 Å². The minimum atomic E-state index is -4.53. The van der Waals surface area contributed by atoms with Gasteiger partial charge in [0.15, 0.2) is 0 Å². The molecule has 36 heavy (non-hydrogen) atoms. The highest BCUT2D eigenvalue weighted by molar-refractivity contribution is 6.04. The third kappa shape index (κ3) is 4.81. The number of anilines is 2. The van der Waals surface area contributed by atoms with E-state index >= 15 is 0 Å². The molecule has 0 spiro atoms. The van der Waals surface area contributed by atoms with Gasteiger partial charge in [-0.1, -0.05) is 18.2 Å². The molecule has 1 fully saturated rings. The number of benzene rings is 2. The van der Waals surface area contributed by atoms with Gasteiger partial charge in [0.25, 0.3) is 5.91 Å². The van der Waals surface area contributed by atoms with Crippen molar-refractivity contribution in [3.05, 3.63) is 77.1 Å². The predicted octanol–water partition coefficient (Wildman–Crippen LogP) is 5.36. The van der Waals surface area contributed by atoms with Crippen molar-refractivity contribution in [3.63, 3.8) is 0 Å². The molecule has 1 saturated heterocycles. The molecule has 0 unspecified atom stereocenters. The smallest absolute Gasteiger partial charge is 0.388 e. The summed E-state index contributed by atoms with van der Waals surface area (Å²) in [5.74, 6) is -0.654. The lowest BCUT2D eigenvalue weighted by Crippen LogP contribution is -2.41. The van der Waals surface area contributed by atoms with Crippen LogP contribution in [0, 0.1) is 6.92 Å². The van der Waals surface area contributed by atoms with E-state index in [0.717, 1.165) is 53.2 Å². The highest BCUT2D eigenvalue weighted by atomic mass is 19.4. The van der Waals surface area contributed by atoms with Crippen molar-refractivity contribution in [1.82, 2.24) is 4.98 Å². The van der Waals surface area contributed by atoms with E-state index in [1.165, 1.54) is 18.3 Å². The number of amides is 1. The van der Waals surface area contributed by atoms with E-state index in [4.69, 9.17) is 4.74 Å². The zero-order valence-corrected chi connectivity index (χ0v) is 19.7. The summed E-state index contributed by atoms with van der Waals surface area (Å²) in [6.45, 7) is 3.87. The molecule has 0 saturated carbocycles. The molecule has 0 bridgehead atoms. The topological polar surface area (TPSA) is 74.7 Å². The van der Waals surface area contributed by atoms with Gasteiger partial charge in [-0.3, -0.25) is 9.78 Å². The number of aryl methyl sites for hydroxylation is 1. The van der Waals surface area contributed by atoms with Crippen LogP contribution in [-0.4, -0.2) is 41.8 Å². The van der Waals surface area contributed by atoms with Crippen LogP contribution in [0.2, 0.25) is 0 Å². The summed E-state index contributed by atoms with van der Waals surface area (Å²) in [6.07, 6.45) is -2.10. The second kappa shape index (κ2) is 9.55. The van der Waals surface area contributed by atoms with Crippen LogP contribution in [0.4, 0.5) is 24.5 Å². The predicted molar refractivity (Wildman–Crippen MR) is 130 cm³/mol. The number of fused-ring (bicyclic) bond motifs is 3. The number of aromatic nitrogens is 1. The van der Waals surface area contributed by atoms with Gasteiger partial charge >= 0.3 is 6.18 Å². The van der Waals surface area contributed by atoms with Gasteiger partial charge in [-0.2, -0.15) is 13.2 Å². The minimum Gasteiger partial charge on any atom is -0.388 e. The molecule has 0 radical (unpaired) electrons. The Kier molecular flexibility index (Phi) is 6.44. The van der Waals surface area contributed by atoms with Gasteiger partial charge in [-0.05, 0) is 55.7 Å². The van der Waals surface area contributed by atoms with Crippen LogP contribution in [0.25, 0.3) is 11.1 Å². The summed E-state index contributed by atoms with van der Waals surface area (Å²) < 4.78 is 44.8. The average Bonchev–Trinajstić information content (AvgIpc) is 3.10. The molecule has 2 N–H and O–H groups in total. The minimum absolute atomic E-state index is 0.0934. The van der Waals surface area contributed by atoms with Gasteiger partial charge < -0.3 is 20.1 Å². The number of hydrogen-bond donors (Lipinski definition) is 2. The molecule has 9 heteroatoms. The Labute approximate surface area is 206 Å². The number of alkyl halides is 3. The summed E-state index contributed by atoms with van der Waals surface area (Å²) in [6, 6.07) is 12.1. The maximum absolute atomic E-state index is 13.0. The first-order valence-corrected chi connectivity index (χ1v) is 11.8. The maximum Gasteiger partial charge on any atom is 0.416 e. The molecule has 2 aromatic carbocycles. The van der Waals surface area contributed by atoms with Gasteiger partial charge in [0.1, 0.15) is 0 Å². The molecule has 3 aromatic rings. The fourth-order valence-electron chi connectivity index (χ4n) is 4.95. The molecule has 188 valence electrons. The molecule has 6 nitrogen and oxygen atoms in total. The van der Waals surface area contributed by atoms with Crippen molar-refractivity contribution < 1.29 is 27.8 Å². The highest BCUT2D eigenvalue weighted by Crippen LogP contribution is 2.41. The first-order valence-electron chi connectivity index (χ1n) is 11.8. The number of rotatable bonds is 3. The van der Waals surface area contributed by atoms with E-state index in [1.807, 2.05) is 25.1 Å². The van der Waals surface area contributed by atoms with Crippen LogP contribution in [0.3, 0.4) is 0 Å². The number of aliphatic hydroxyl groups excluding tert-OH is 1. The van der Waals surface area contributed by atoms with E-state index in [0.29, 0.717) is 25.3 Å². The second-order valence-corrected chi connectivity index (χ2v) is 9.16. The van der Waals surface area contributed by atoms with E-state index in [2.05, 4.69) is 15.2 Å². The Morgan fingerprint density at radius 3 is 2.81 bits per heavy atom. The van der Waals surface area contributed by atoms with Crippen LogP contribution in [0.15, 0.2) is 54.7 Å². The number of hydrogen-bond acceptors (Lipinski definition) is 5. The number of nitrogens with one attached hydrogen (secondary N) is 1. The lowest BCUT2D eigenvalue weighted by molar-refractivity contribution is -0.137. The van der Waals surface area contributed by atoms with E-state index < -0.39 is 23.8 Å². The summed E-state index contributed by atoms with van der Waals surface area (Å²) in [5, 5.41) is 13.4. The molecule has 3 heterocycles. The number of pyridine rings is 1. The Morgan fingerprint density at radius 1 is 1.17 bits per heavy atom. The molecular formula is C27H26F3N3O3. The molecular weight excluding hydrogens is 471 g/mol. The average molecular weight is 498 g/mol. The zero-order chi connectivity index (χ0) is 25.4. The van der Waals surface area contributed by atoms with E-state index in [9.17, 15) is 23.1 Å². The van der Waals surface area contributed by atoms with Crippen molar-refractivity contribution >= 4 is 17.3 Å². The maximum atomic E-state index is 13.0. The lowest BCUT2D eigenvalue weighted by atomic mass is 9.89. The van der Waals surface area contributed by atoms with Crippen molar-refractivity contribution in [3.8, 4) is 11.1 Å². The standard InChI is InChI=1S/C27H26F3N3O3/c1-16-23(13-20(15-31-16)32-26(35)18-3-2-4-19(11-18)27(28,29)30)17-5-6-22-24(12-17)33-8-10-36-9-7-21(33)14-25(22)34/h2-6,11-13,15,21,25,34H,7-10,14H2,1H3,(H,32,35)/t21-,25+/m0/s1. The van der Waals surface area contributed by atoms with Crippen molar-refractivity contribution in [2.75, 3.05) is 30.0 Å². The molecule has 5 rings (SSSR count). The Morgan fingerprint density at radius 2 is 2.00 bits per heavy atom. The lowest BCUT2D eigenvalue weighted by Gasteiger charge is -2.39. The second-order valence-electron chi connectivity index (χ2n) is 9.16. The summed E-state index contributed by atoms with van der Waals surface area (Å²) in [7, 11) is 0. The normalized spacial score (nSPS) is 19.8. The van der Waals surface area contributed by atoms with Crippen LogP contribution < -0.4 is 10.2 Å². The first kappa shape index (κ1) is 24.3. The fraction of sp³-hybridized carbons (Fsp3) is 0.333. The third-order valence-corrected chi connectivity index (χ3v) is 6.81. The van der Waals surface area contributed by atoms with Crippen molar-refractivity contribution in [2.24, 2.45) is 0 Å². The SMILES string of the molecule is Cc1ncc(NC(=O)c2cccc(C(F)(F)F)c2)cc1-c1ccc2c(c1)N1CCOCC[C@H]1C[C@H]2O. The van der Waals surface area contributed by atoms with Gasteiger partial charge in [0, 0.05) is 47.3 Å². The quantitative estimate of drug-likeness (QED) is 0.510. The summed E-state index contributed by atoms with van der Waals surface area (Å²) in [4.78, 5) is 19.4.